The molecule has 1 saturated heterocycles. The summed E-state index contributed by atoms with van der Waals surface area (Å²) in [6, 6.07) is 14.5. The zero-order chi connectivity index (χ0) is 18.0. The van der Waals surface area contributed by atoms with E-state index in [4.69, 9.17) is 4.74 Å². The van der Waals surface area contributed by atoms with E-state index in [0.29, 0.717) is 17.0 Å². The summed E-state index contributed by atoms with van der Waals surface area (Å²) in [6.07, 6.45) is -1.14. The fourth-order valence-electron chi connectivity index (χ4n) is 3.00. The summed E-state index contributed by atoms with van der Waals surface area (Å²) in [7, 11) is -1.89. The van der Waals surface area contributed by atoms with Gasteiger partial charge in [0.2, 0.25) is 0 Å². The smallest absolute Gasteiger partial charge is 0.258 e. The Labute approximate surface area is 146 Å². The van der Waals surface area contributed by atoms with Gasteiger partial charge in [0.15, 0.2) is 9.84 Å². The molecule has 2 unspecified atom stereocenters. The Hall–Kier alpha value is -2.38. The lowest BCUT2D eigenvalue weighted by atomic mass is 10.1. The van der Waals surface area contributed by atoms with Gasteiger partial charge in [0.1, 0.15) is 5.75 Å². The van der Waals surface area contributed by atoms with Crippen molar-refractivity contribution in [2.24, 2.45) is 0 Å². The molecule has 25 heavy (non-hydrogen) atoms. The van der Waals surface area contributed by atoms with Crippen LogP contribution in [-0.4, -0.2) is 50.2 Å². The summed E-state index contributed by atoms with van der Waals surface area (Å²) in [5.74, 6) is -0.446. The Morgan fingerprint density at radius 2 is 1.84 bits per heavy atom. The number of hydrogen-bond donors (Lipinski definition) is 1. The molecule has 6 nitrogen and oxygen atoms in total. The quantitative estimate of drug-likeness (QED) is 0.892. The molecule has 2 aromatic rings. The number of benzene rings is 2. The Morgan fingerprint density at radius 1 is 1.12 bits per heavy atom. The lowest BCUT2D eigenvalue weighted by Crippen LogP contribution is -2.47. The largest absolute Gasteiger partial charge is 0.497 e. The van der Waals surface area contributed by atoms with E-state index < -0.39 is 22.0 Å². The first-order valence-corrected chi connectivity index (χ1v) is 9.64. The van der Waals surface area contributed by atoms with Gasteiger partial charge in [-0.3, -0.25) is 4.79 Å². The van der Waals surface area contributed by atoms with Crippen LogP contribution < -0.4 is 9.64 Å². The van der Waals surface area contributed by atoms with Crippen molar-refractivity contribution in [3.8, 4) is 5.75 Å². The van der Waals surface area contributed by atoms with E-state index in [9.17, 15) is 18.3 Å². The van der Waals surface area contributed by atoms with Gasteiger partial charge in [0.05, 0.1) is 30.8 Å². The van der Waals surface area contributed by atoms with Gasteiger partial charge in [-0.05, 0) is 24.3 Å². The first-order chi connectivity index (χ1) is 11.9. The van der Waals surface area contributed by atoms with Crippen molar-refractivity contribution in [2.75, 3.05) is 23.5 Å². The molecule has 1 fully saturated rings. The summed E-state index contributed by atoms with van der Waals surface area (Å²) in [5.41, 5.74) is 0.899. The van der Waals surface area contributed by atoms with Crippen molar-refractivity contribution < 1.29 is 23.1 Å². The zero-order valence-corrected chi connectivity index (χ0v) is 14.5. The van der Waals surface area contributed by atoms with Crippen molar-refractivity contribution in [3.63, 3.8) is 0 Å². The first kappa shape index (κ1) is 17.4. The Bertz CT molecular complexity index is 866. The molecule has 1 aliphatic heterocycles. The number of amides is 1. The van der Waals surface area contributed by atoms with Crippen LogP contribution in [0.3, 0.4) is 0 Å². The van der Waals surface area contributed by atoms with Crippen LogP contribution in [0, 0.1) is 0 Å². The van der Waals surface area contributed by atoms with Crippen molar-refractivity contribution in [3.05, 3.63) is 60.2 Å². The number of anilines is 1. The average Bonchev–Trinajstić information content (AvgIpc) is 2.88. The minimum Gasteiger partial charge on any atom is -0.497 e. The second-order valence-electron chi connectivity index (χ2n) is 5.95. The van der Waals surface area contributed by atoms with Crippen molar-refractivity contribution >= 4 is 21.4 Å². The summed E-state index contributed by atoms with van der Waals surface area (Å²) in [6.45, 7) is 0. The number of nitrogens with zero attached hydrogens (tertiary/aromatic N) is 1. The van der Waals surface area contributed by atoms with Gasteiger partial charge < -0.3 is 14.7 Å². The van der Waals surface area contributed by atoms with Gasteiger partial charge in [-0.1, -0.05) is 24.3 Å². The Morgan fingerprint density at radius 3 is 2.44 bits per heavy atom. The van der Waals surface area contributed by atoms with Crippen molar-refractivity contribution in [2.45, 2.75) is 12.1 Å². The predicted molar refractivity (Wildman–Crippen MR) is 94.7 cm³/mol. The van der Waals surface area contributed by atoms with E-state index in [2.05, 4.69) is 0 Å². The highest BCUT2D eigenvalue weighted by atomic mass is 32.2. The van der Waals surface area contributed by atoms with E-state index in [1.54, 1.807) is 54.6 Å². The molecule has 0 radical (unpaired) electrons. The second kappa shape index (κ2) is 6.85. The van der Waals surface area contributed by atoms with Gasteiger partial charge >= 0.3 is 0 Å². The van der Waals surface area contributed by atoms with Gasteiger partial charge in [-0.15, -0.1) is 0 Å². The number of sulfone groups is 1. The highest BCUT2D eigenvalue weighted by Crippen LogP contribution is 2.29. The molecule has 1 N–H and O–H groups in total. The number of ether oxygens (including phenoxy) is 1. The van der Waals surface area contributed by atoms with Crippen LogP contribution in [0.1, 0.15) is 10.4 Å². The molecule has 2 atom stereocenters. The maximum Gasteiger partial charge on any atom is 0.258 e. The van der Waals surface area contributed by atoms with Gasteiger partial charge in [0.25, 0.3) is 5.91 Å². The number of hydrogen-bond acceptors (Lipinski definition) is 5. The third-order valence-corrected chi connectivity index (χ3v) is 5.89. The number of aliphatic hydroxyl groups excluding tert-OH is 1. The number of carbonyl (C=O) groups excluding carboxylic acids is 1. The van der Waals surface area contributed by atoms with E-state index in [1.807, 2.05) is 0 Å². The van der Waals surface area contributed by atoms with Crippen LogP contribution >= 0.6 is 0 Å². The minimum absolute atomic E-state index is 0.274. The second-order valence-corrected chi connectivity index (χ2v) is 8.11. The van der Waals surface area contributed by atoms with E-state index in [0.717, 1.165) is 0 Å². The molecular formula is C18H19NO5S. The third kappa shape index (κ3) is 3.67. The molecule has 3 rings (SSSR count). The first-order valence-electron chi connectivity index (χ1n) is 7.82. The minimum atomic E-state index is -3.40. The van der Waals surface area contributed by atoms with Crippen molar-refractivity contribution in [1.29, 1.82) is 0 Å². The lowest BCUT2D eigenvalue weighted by molar-refractivity contribution is 0.0945. The number of rotatable bonds is 4. The lowest BCUT2D eigenvalue weighted by Gasteiger charge is -2.30. The molecule has 1 aliphatic rings. The Kier molecular flexibility index (Phi) is 4.78. The van der Waals surface area contributed by atoms with Crippen LogP contribution in [0.2, 0.25) is 0 Å². The highest BCUT2D eigenvalue weighted by Gasteiger charge is 2.42. The maximum absolute atomic E-state index is 13.1. The van der Waals surface area contributed by atoms with Gasteiger partial charge in [-0.25, -0.2) is 8.42 Å². The fraction of sp³-hybridized carbons (Fsp3) is 0.278. The van der Waals surface area contributed by atoms with E-state index in [-0.39, 0.29) is 17.4 Å². The van der Waals surface area contributed by atoms with Crippen LogP contribution in [0.5, 0.6) is 5.75 Å². The topological polar surface area (TPSA) is 83.9 Å². The van der Waals surface area contributed by atoms with E-state index in [1.165, 1.54) is 12.0 Å². The summed E-state index contributed by atoms with van der Waals surface area (Å²) in [5, 5.41) is 10.3. The zero-order valence-electron chi connectivity index (χ0n) is 13.7. The molecule has 0 bridgehead atoms. The normalized spacial score (nSPS) is 21.7. The molecular weight excluding hydrogens is 342 g/mol. The molecule has 0 aliphatic carbocycles. The van der Waals surface area contributed by atoms with Crippen LogP contribution in [0.25, 0.3) is 0 Å². The van der Waals surface area contributed by atoms with Crippen molar-refractivity contribution in [1.82, 2.24) is 0 Å². The van der Waals surface area contributed by atoms with Crippen LogP contribution in [0.15, 0.2) is 54.6 Å². The molecule has 1 heterocycles. The maximum atomic E-state index is 13.1. The molecule has 1 amide bonds. The SMILES string of the molecule is COc1cccc(N(C(=O)c2ccccc2)C2CS(=O)(=O)CC2O)c1. The number of aliphatic hydroxyl groups is 1. The molecule has 0 aromatic heterocycles. The van der Waals surface area contributed by atoms with E-state index >= 15 is 0 Å². The molecule has 2 aromatic carbocycles. The standard InChI is InChI=1S/C18H19NO5S/c1-24-15-9-5-8-14(10-15)19(16-11-25(22,23)12-17(16)20)18(21)13-6-3-2-4-7-13/h2-10,16-17,20H,11-12H2,1H3. The molecule has 132 valence electrons. The summed E-state index contributed by atoms with van der Waals surface area (Å²) in [4.78, 5) is 14.4. The molecule has 7 heteroatoms. The number of carbonyl (C=O) groups is 1. The van der Waals surface area contributed by atoms with Crippen LogP contribution in [0.4, 0.5) is 5.69 Å². The third-order valence-electron chi connectivity index (χ3n) is 4.20. The van der Waals surface area contributed by atoms with Crippen LogP contribution in [-0.2, 0) is 9.84 Å². The highest BCUT2D eigenvalue weighted by molar-refractivity contribution is 7.91. The van der Waals surface area contributed by atoms with Gasteiger partial charge in [-0.2, -0.15) is 0 Å². The monoisotopic (exact) mass is 361 g/mol. The fourth-order valence-corrected chi connectivity index (χ4v) is 4.77. The summed E-state index contributed by atoms with van der Waals surface area (Å²) < 4.78 is 29.1. The average molecular weight is 361 g/mol. The Balaban J connectivity index is 2.07. The predicted octanol–water partition coefficient (Wildman–Crippen LogP) is 1.50. The number of methoxy groups -OCH3 is 1. The molecule has 0 saturated carbocycles. The summed E-state index contributed by atoms with van der Waals surface area (Å²) >= 11 is 0. The van der Waals surface area contributed by atoms with Gasteiger partial charge in [0, 0.05) is 17.3 Å². The molecule has 0 spiro atoms.